The highest BCUT2D eigenvalue weighted by Gasteiger charge is 2.24. The topological polar surface area (TPSA) is 53.4 Å². The Morgan fingerprint density at radius 1 is 1.50 bits per heavy atom. The summed E-state index contributed by atoms with van der Waals surface area (Å²) in [5.74, 6) is -0.203. The van der Waals surface area contributed by atoms with Crippen LogP contribution in [0.5, 0.6) is 0 Å². The number of hydrogen-bond donors (Lipinski definition) is 1. The van der Waals surface area contributed by atoms with Crippen LogP contribution in [0.15, 0.2) is 18.3 Å². The molecule has 0 aliphatic carbocycles. The number of rotatable bonds is 3. The standard InChI is InChI=1S/C14H20N2O2/c1-10-4-3-7-16(11(10)2)9-13-6-5-12(8-15-13)14(17)18/h5-6,8,10-11H,3-4,7,9H2,1-2H3,(H,17,18). The molecule has 1 saturated heterocycles. The van der Waals surface area contributed by atoms with Crippen LogP contribution >= 0.6 is 0 Å². The summed E-state index contributed by atoms with van der Waals surface area (Å²) in [5.41, 5.74) is 1.19. The van der Waals surface area contributed by atoms with Crippen LogP contribution in [-0.4, -0.2) is 33.5 Å². The maximum absolute atomic E-state index is 10.7. The maximum Gasteiger partial charge on any atom is 0.337 e. The van der Waals surface area contributed by atoms with Crippen molar-refractivity contribution in [1.82, 2.24) is 9.88 Å². The number of aromatic nitrogens is 1. The molecule has 1 fully saturated rings. The molecule has 4 nitrogen and oxygen atoms in total. The minimum absolute atomic E-state index is 0.249. The van der Waals surface area contributed by atoms with Gasteiger partial charge in [0.1, 0.15) is 0 Å². The van der Waals surface area contributed by atoms with Crippen LogP contribution in [0.2, 0.25) is 0 Å². The second kappa shape index (κ2) is 5.48. The first-order valence-electron chi connectivity index (χ1n) is 6.50. The summed E-state index contributed by atoms with van der Waals surface area (Å²) in [4.78, 5) is 17.4. The van der Waals surface area contributed by atoms with Crippen molar-refractivity contribution in [2.75, 3.05) is 6.54 Å². The predicted molar refractivity (Wildman–Crippen MR) is 69.5 cm³/mol. The molecular weight excluding hydrogens is 228 g/mol. The second-order valence-corrected chi connectivity index (χ2v) is 5.17. The molecule has 1 N–H and O–H groups in total. The van der Waals surface area contributed by atoms with E-state index in [1.165, 1.54) is 19.0 Å². The van der Waals surface area contributed by atoms with Gasteiger partial charge in [0.15, 0.2) is 0 Å². The fourth-order valence-corrected chi connectivity index (χ4v) is 2.50. The molecule has 1 aliphatic rings. The van der Waals surface area contributed by atoms with Crippen LogP contribution in [0.25, 0.3) is 0 Å². The van der Waals surface area contributed by atoms with Crippen LogP contribution in [0.4, 0.5) is 0 Å². The molecule has 2 rings (SSSR count). The fraction of sp³-hybridized carbons (Fsp3) is 0.571. The summed E-state index contributed by atoms with van der Waals surface area (Å²) < 4.78 is 0. The Morgan fingerprint density at radius 3 is 2.89 bits per heavy atom. The zero-order valence-corrected chi connectivity index (χ0v) is 11.0. The van der Waals surface area contributed by atoms with Crippen molar-refractivity contribution in [3.05, 3.63) is 29.6 Å². The Morgan fingerprint density at radius 2 is 2.28 bits per heavy atom. The zero-order chi connectivity index (χ0) is 13.1. The van der Waals surface area contributed by atoms with E-state index in [0.29, 0.717) is 6.04 Å². The minimum atomic E-state index is -0.922. The van der Waals surface area contributed by atoms with Crippen molar-refractivity contribution >= 4 is 5.97 Å². The fourth-order valence-electron chi connectivity index (χ4n) is 2.50. The summed E-state index contributed by atoms with van der Waals surface area (Å²) in [7, 11) is 0. The van der Waals surface area contributed by atoms with Gasteiger partial charge in [0, 0.05) is 18.8 Å². The third-order valence-corrected chi connectivity index (χ3v) is 3.94. The predicted octanol–water partition coefficient (Wildman–Crippen LogP) is 2.40. The smallest absolute Gasteiger partial charge is 0.337 e. The molecule has 0 bridgehead atoms. The number of aromatic carboxylic acids is 1. The molecule has 1 aliphatic heterocycles. The van der Waals surface area contributed by atoms with Crippen LogP contribution < -0.4 is 0 Å². The van der Waals surface area contributed by atoms with Gasteiger partial charge in [-0.2, -0.15) is 0 Å². The SMILES string of the molecule is CC1CCCN(Cc2ccc(C(=O)O)cn2)C1C. The first kappa shape index (κ1) is 13.0. The van der Waals surface area contributed by atoms with Gasteiger partial charge in [-0.05, 0) is 44.4 Å². The molecule has 2 atom stereocenters. The highest BCUT2D eigenvalue weighted by molar-refractivity contribution is 5.87. The first-order valence-corrected chi connectivity index (χ1v) is 6.50. The number of nitrogens with zero attached hydrogens (tertiary/aromatic N) is 2. The van der Waals surface area contributed by atoms with Crippen molar-refractivity contribution in [2.24, 2.45) is 5.92 Å². The first-order chi connectivity index (χ1) is 8.58. The Labute approximate surface area is 108 Å². The lowest BCUT2D eigenvalue weighted by molar-refractivity contribution is 0.0696. The number of carboxylic acid groups (broad SMARTS) is 1. The molecule has 2 heterocycles. The van der Waals surface area contributed by atoms with E-state index in [4.69, 9.17) is 5.11 Å². The van der Waals surface area contributed by atoms with Crippen molar-refractivity contribution in [2.45, 2.75) is 39.3 Å². The van der Waals surface area contributed by atoms with E-state index in [1.54, 1.807) is 6.07 Å². The van der Waals surface area contributed by atoms with Gasteiger partial charge in [0.05, 0.1) is 11.3 Å². The van der Waals surface area contributed by atoms with E-state index in [1.807, 2.05) is 6.07 Å². The van der Waals surface area contributed by atoms with Crippen LogP contribution in [0, 0.1) is 5.92 Å². The van der Waals surface area contributed by atoms with Crippen molar-refractivity contribution in [1.29, 1.82) is 0 Å². The maximum atomic E-state index is 10.7. The molecule has 98 valence electrons. The van der Waals surface area contributed by atoms with Gasteiger partial charge < -0.3 is 5.11 Å². The monoisotopic (exact) mass is 248 g/mol. The summed E-state index contributed by atoms with van der Waals surface area (Å²) in [5, 5.41) is 8.82. The van der Waals surface area contributed by atoms with Crippen molar-refractivity contribution in [3.8, 4) is 0 Å². The molecule has 0 saturated carbocycles. The average molecular weight is 248 g/mol. The molecule has 4 heteroatoms. The lowest BCUT2D eigenvalue weighted by Crippen LogP contribution is -2.41. The Hall–Kier alpha value is -1.42. The summed E-state index contributed by atoms with van der Waals surface area (Å²) >= 11 is 0. The van der Waals surface area contributed by atoms with E-state index in [9.17, 15) is 4.79 Å². The third kappa shape index (κ3) is 2.88. The molecule has 0 radical (unpaired) electrons. The van der Waals surface area contributed by atoms with E-state index in [-0.39, 0.29) is 5.56 Å². The Kier molecular flexibility index (Phi) is 3.97. The minimum Gasteiger partial charge on any atom is -0.478 e. The van der Waals surface area contributed by atoms with Gasteiger partial charge in [0.25, 0.3) is 0 Å². The summed E-state index contributed by atoms with van der Waals surface area (Å²) in [6.45, 7) is 6.46. The molecular formula is C14H20N2O2. The van der Waals surface area contributed by atoms with Gasteiger partial charge in [0.2, 0.25) is 0 Å². The van der Waals surface area contributed by atoms with Gasteiger partial charge in [-0.25, -0.2) is 4.79 Å². The highest BCUT2D eigenvalue weighted by Crippen LogP contribution is 2.24. The normalized spacial score (nSPS) is 25.0. The molecule has 1 aromatic heterocycles. The van der Waals surface area contributed by atoms with E-state index in [2.05, 4.69) is 23.7 Å². The van der Waals surface area contributed by atoms with E-state index >= 15 is 0 Å². The second-order valence-electron chi connectivity index (χ2n) is 5.17. The molecule has 1 aromatic rings. The number of likely N-dealkylation sites (tertiary alicyclic amines) is 1. The largest absolute Gasteiger partial charge is 0.478 e. The molecule has 0 aromatic carbocycles. The average Bonchev–Trinajstić information content (AvgIpc) is 2.36. The van der Waals surface area contributed by atoms with Crippen molar-refractivity contribution < 1.29 is 9.90 Å². The Bertz CT molecular complexity index is 416. The zero-order valence-electron chi connectivity index (χ0n) is 11.0. The molecule has 0 amide bonds. The number of pyridine rings is 1. The van der Waals surface area contributed by atoms with E-state index in [0.717, 1.165) is 24.7 Å². The Balaban J connectivity index is 2.02. The van der Waals surface area contributed by atoms with Crippen molar-refractivity contribution in [3.63, 3.8) is 0 Å². The lowest BCUT2D eigenvalue weighted by atomic mass is 9.92. The molecule has 2 unspecified atom stereocenters. The lowest BCUT2D eigenvalue weighted by Gasteiger charge is -2.37. The quantitative estimate of drug-likeness (QED) is 0.892. The highest BCUT2D eigenvalue weighted by atomic mass is 16.4. The van der Waals surface area contributed by atoms with Gasteiger partial charge in [-0.1, -0.05) is 6.92 Å². The van der Waals surface area contributed by atoms with Crippen LogP contribution in [-0.2, 0) is 6.54 Å². The van der Waals surface area contributed by atoms with E-state index < -0.39 is 5.97 Å². The van der Waals surface area contributed by atoms with Gasteiger partial charge in [-0.15, -0.1) is 0 Å². The van der Waals surface area contributed by atoms with Gasteiger partial charge in [-0.3, -0.25) is 9.88 Å². The summed E-state index contributed by atoms with van der Waals surface area (Å²) in [6, 6.07) is 4.01. The number of carbonyl (C=O) groups is 1. The summed E-state index contributed by atoms with van der Waals surface area (Å²) in [6.07, 6.45) is 3.97. The third-order valence-electron chi connectivity index (χ3n) is 3.94. The molecule has 18 heavy (non-hydrogen) atoms. The molecule has 0 spiro atoms. The number of hydrogen-bond acceptors (Lipinski definition) is 3. The van der Waals surface area contributed by atoms with Crippen LogP contribution in [0.3, 0.4) is 0 Å². The number of carboxylic acids is 1. The number of piperidine rings is 1. The van der Waals surface area contributed by atoms with Gasteiger partial charge >= 0.3 is 5.97 Å². The van der Waals surface area contributed by atoms with Crippen LogP contribution in [0.1, 0.15) is 42.7 Å².